The minimum Gasteiger partial charge on any atom is -0.341 e. The molecule has 0 saturated carbocycles. The number of hydrogen-bond acceptors (Lipinski definition) is 2. The van der Waals surface area contributed by atoms with Gasteiger partial charge in [-0.3, -0.25) is 4.79 Å². The van der Waals surface area contributed by atoms with E-state index in [9.17, 15) is 9.18 Å². The highest BCUT2D eigenvalue weighted by Gasteiger charge is 2.30. The minimum absolute atomic E-state index is 0.00994. The largest absolute Gasteiger partial charge is 0.341 e. The third-order valence-electron chi connectivity index (χ3n) is 3.89. The molecular weight excluding hydrogens is 255 g/mol. The summed E-state index contributed by atoms with van der Waals surface area (Å²) in [6, 6.07) is 4.84. The predicted molar refractivity (Wildman–Crippen MR) is 78.1 cm³/mol. The zero-order valence-corrected chi connectivity index (χ0v) is 12.3. The van der Waals surface area contributed by atoms with Crippen molar-refractivity contribution in [3.05, 3.63) is 35.1 Å². The molecule has 0 radical (unpaired) electrons. The van der Waals surface area contributed by atoms with E-state index in [0.717, 1.165) is 50.0 Å². The maximum atomic E-state index is 13.0. The van der Waals surface area contributed by atoms with Crippen LogP contribution in [0.15, 0.2) is 18.2 Å². The SMILES string of the molecule is CCCNC1CCN(CCc2ccc(F)cc2C)C1=O. The van der Waals surface area contributed by atoms with E-state index in [2.05, 4.69) is 12.2 Å². The minimum atomic E-state index is -0.202. The molecule has 1 N–H and O–H groups in total. The molecule has 2 rings (SSSR count). The Hall–Kier alpha value is -1.42. The lowest BCUT2D eigenvalue weighted by molar-refractivity contribution is -0.129. The molecule has 1 fully saturated rings. The van der Waals surface area contributed by atoms with Gasteiger partial charge < -0.3 is 10.2 Å². The Labute approximate surface area is 120 Å². The lowest BCUT2D eigenvalue weighted by Gasteiger charge is -2.17. The van der Waals surface area contributed by atoms with E-state index in [1.165, 1.54) is 6.07 Å². The average Bonchev–Trinajstić information content (AvgIpc) is 2.76. The van der Waals surface area contributed by atoms with Gasteiger partial charge in [0.05, 0.1) is 6.04 Å². The summed E-state index contributed by atoms with van der Waals surface area (Å²) in [7, 11) is 0. The molecule has 1 amide bonds. The van der Waals surface area contributed by atoms with Crippen LogP contribution >= 0.6 is 0 Å². The lowest BCUT2D eigenvalue weighted by atomic mass is 10.1. The van der Waals surface area contributed by atoms with Crippen LogP contribution in [0.5, 0.6) is 0 Å². The Morgan fingerprint density at radius 2 is 2.25 bits per heavy atom. The summed E-state index contributed by atoms with van der Waals surface area (Å²) in [5.74, 6) is 0.00513. The van der Waals surface area contributed by atoms with Gasteiger partial charge in [0.1, 0.15) is 5.82 Å². The third kappa shape index (κ3) is 3.57. The second kappa shape index (κ2) is 6.84. The van der Waals surface area contributed by atoms with Crippen molar-refractivity contribution >= 4 is 5.91 Å². The van der Waals surface area contributed by atoms with E-state index in [1.807, 2.05) is 17.9 Å². The number of rotatable bonds is 6. The highest BCUT2D eigenvalue weighted by molar-refractivity contribution is 5.83. The summed E-state index contributed by atoms with van der Waals surface area (Å²) in [5.41, 5.74) is 2.07. The number of aryl methyl sites for hydroxylation is 1. The van der Waals surface area contributed by atoms with E-state index in [-0.39, 0.29) is 17.8 Å². The Bertz CT molecular complexity index is 476. The number of likely N-dealkylation sites (tertiary alicyclic amines) is 1. The first-order chi connectivity index (χ1) is 9.61. The number of nitrogens with zero attached hydrogens (tertiary/aromatic N) is 1. The molecule has 1 saturated heterocycles. The van der Waals surface area contributed by atoms with Crippen LogP contribution < -0.4 is 5.32 Å². The molecule has 0 bridgehead atoms. The molecule has 1 aromatic rings. The van der Waals surface area contributed by atoms with Crippen LogP contribution in [0.4, 0.5) is 4.39 Å². The van der Waals surface area contributed by atoms with Gasteiger partial charge >= 0.3 is 0 Å². The van der Waals surface area contributed by atoms with Gasteiger partial charge in [0.2, 0.25) is 5.91 Å². The number of hydrogen-bond donors (Lipinski definition) is 1. The summed E-state index contributed by atoms with van der Waals surface area (Å²) in [5, 5.41) is 3.29. The van der Waals surface area contributed by atoms with Gasteiger partial charge in [-0.1, -0.05) is 13.0 Å². The Morgan fingerprint density at radius 1 is 1.45 bits per heavy atom. The van der Waals surface area contributed by atoms with Gasteiger partial charge in [0.25, 0.3) is 0 Å². The molecule has 1 atom stereocenters. The van der Waals surface area contributed by atoms with E-state index in [4.69, 9.17) is 0 Å². The third-order valence-corrected chi connectivity index (χ3v) is 3.89. The molecule has 0 aromatic heterocycles. The summed E-state index contributed by atoms with van der Waals surface area (Å²) < 4.78 is 13.0. The Kier molecular flexibility index (Phi) is 5.12. The normalized spacial score (nSPS) is 18.9. The molecule has 110 valence electrons. The number of carbonyl (C=O) groups excluding carboxylic acids is 1. The fourth-order valence-corrected chi connectivity index (χ4v) is 2.66. The van der Waals surface area contributed by atoms with E-state index in [1.54, 1.807) is 6.07 Å². The standard InChI is InChI=1S/C16H23FN2O/c1-3-8-18-15-7-10-19(16(15)20)9-6-13-4-5-14(17)11-12(13)2/h4-5,11,15,18H,3,6-10H2,1-2H3. The Balaban J connectivity index is 1.87. The van der Waals surface area contributed by atoms with E-state index in [0.29, 0.717) is 0 Å². The van der Waals surface area contributed by atoms with Crippen LogP contribution in [-0.4, -0.2) is 36.5 Å². The van der Waals surface area contributed by atoms with Crippen LogP contribution in [0.3, 0.4) is 0 Å². The maximum Gasteiger partial charge on any atom is 0.239 e. The molecule has 1 aliphatic rings. The van der Waals surface area contributed by atoms with Crippen molar-refractivity contribution in [2.45, 2.75) is 39.2 Å². The van der Waals surface area contributed by atoms with Gasteiger partial charge in [0, 0.05) is 13.1 Å². The Morgan fingerprint density at radius 3 is 2.95 bits per heavy atom. The predicted octanol–water partition coefficient (Wildman–Crippen LogP) is 2.28. The molecule has 4 heteroatoms. The van der Waals surface area contributed by atoms with Crippen molar-refractivity contribution in [1.29, 1.82) is 0 Å². The fourth-order valence-electron chi connectivity index (χ4n) is 2.66. The first-order valence-corrected chi connectivity index (χ1v) is 7.39. The number of amides is 1. The molecule has 0 aliphatic carbocycles. The van der Waals surface area contributed by atoms with Gasteiger partial charge in [0.15, 0.2) is 0 Å². The van der Waals surface area contributed by atoms with Crippen LogP contribution in [0.1, 0.15) is 30.9 Å². The number of benzene rings is 1. The topological polar surface area (TPSA) is 32.3 Å². The van der Waals surface area contributed by atoms with Crippen molar-refractivity contribution in [2.75, 3.05) is 19.6 Å². The van der Waals surface area contributed by atoms with Gasteiger partial charge in [-0.25, -0.2) is 4.39 Å². The second-order valence-electron chi connectivity index (χ2n) is 5.44. The summed E-state index contributed by atoms with van der Waals surface area (Å²) in [6.45, 7) is 6.44. The zero-order valence-electron chi connectivity index (χ0n) is 12.3. The first kappa shape index (κ1) is 15.0. The van der Waals surface area contributed by atoms with Crippen LogP contribution in [0.2, 0.25) is 0 Å². The molecule has 1 heterocycles. The van der Waals surface area contributed by atoms with Gasteiger partial charge in [-0.2, -0.15) is 0 Å². The van der Waals surface area contributed by atoms with Crippen LogP contribution in [0, 0.1) is 12.7 Å². The molecule has 3 nitrogen and oxygen atoms in total. The molecule has 0 spiro atoms. The molecule has 20 heavy (non-hydrogen) atoms. The second-order valence-corrected chi connectivity index (χ2v) is 5.44. The summed E-state index contributed by atoms with van der Waals surface area (Å²) in [6.07, 6.45) is 2.72. The van der Waals surface area contributed by atoms with Crippen molar-refractivity contribution in [2.24, 2.45) is 0 Å². The smallest absolute Gasteiger partial charge is 0.239 e. The molecule has 1 unspecified atom stereocenters. The van der Waals surface area contributed by atoms with Crippen LogP contribution in [0.25, 0.3) is 0 Å². The van der Waals surface area contributed by atoms with E-state index < -0.39 is 0 Å². The van der Waals surface area contributed by atoms with Crippen molar-refractivity contribution in [3.8, 4) is 0 Å². The number of halogens is 1. The van der Waals surface area contributed by atoms with E-state index >= 15 is 0 Å². The van der Waals surface area contributed by atoms with Gasteiger partial charge in [-0.15, -0.1) is 0 Å². The van der Waals surface area contributed by atoms with Crippen molar-refractivity contribution < 1.29 is 9.18 Å². The lowest BCUT2D eigenvalue weighted by Crippen LogP contribution is -2.39. The fraction of sp³-hybridized carbons (Fsp3) is 0.562. The maximum absolute atomic E-state index is 13.0. The number of carbonyl (C=O) groups is 1. The quantitative estimate of drug-likeness (QED) is 0.866. The van der Waals surface area contributed by atoms with Crippen molar-refractivity contribution in [3.63, 3.8) is 0 Å². The highest BCUT2D eigenvalue weighted by Crippen LogP contribution is 2.15. The zero-order chi connectivity index (χ0) is 14.5. The number of nitrogens with one attached hydrogen (secondary N) is 1. The molecule has 1 aliphatic heterocycles. The van der Waals surface area contributed by atoms with Crippen molar-refractivity contribution in [1.82, 2.24) is 10.2 Å². The monoisotopic (exact) mass is 278 g/mol. The van der Waals surface area contributed by atoms with Crippen LogP contribution in [-0.2, 0) is 11.2 Å². The molecular formula is C16H23FN2O. The highest BCUT2D eigenvalue weighted by atomic mass is 19.1. The summed E-state index contributed by atoms with van der Waals surface area (Å²) >= 11 is 0. The first-order valence-electron chi connectivity index (χ1n) is 7.39. The summed E-state index contributed by atoms with van der Waals surface area (Å²) in [4.78, 5) is 14.1. The van der Waals surface area contributed by atoms with Gasteiger partial charge in [-0.05, 0) is 56.0 Å². The average molecular weight is 278 g/mol. The molecule has 1 aromatic carbocycles.